The van der Waals surface area contributed by atoms with Crippen molar-refractivity contribution in [3.63, 3.8) is 0 Å². The minimum atomic E-state index is -3.68. The molecule has 0 fully saturated rings. The predicted molar refractivity (Wildman–Crippen MR) is 93.1 cm³/mol. The van der Waals surface area contributed by atoms with Gasteiger partial charge in [-0.1, -0.05) is 11.2 Å². The van der Waals surface area contributed by atoms with Gasteiger partial charge in [0.1, 0.15) is 9.96 Å². The van der Waals surface area contributed by atoms with Crippen LogP contribution in [0.5, 0.6) is 5.75 Å². The molecule has 0 aliphatic rings. The third-order valence-corrected chi connectivity index (χ3v) is 6.40. The Kier molecular flexibility index (Phi) is 4.33. The summed E-state index contributed by atoms with van der Waals surface area (Å²) < 4.78 is 38.2. The highest BCUT2D eigenvalue weighted by molar-refractivity contribution is 7.94. The Balaban J connectivity index is 1.89. The Morgan fingerprint density at radius 1 is 1.25 bits per heavy atom. The topological polar surface area (TPSA) is 81.4 Å². The predicted octanol–water partition coefficient (Wildman–Crippen LogP) is 3.83. The molecule has 0 aliphatic carbocycles. The molecule has 0 spiro atoms. The number of thiophene rings is 1. The molecule has 0 saturated carbocycles. The third-order valence-electron chi connectivity index (χ3n) is 3.58. The van der Waals surface area contributed by atoms with Gasteiger partial charge in [0.25, 0.3) is 10.0 Å². The number of nitrogens with one attached hydrogen (secondary N) is 1. The van der Waals surface area contributed by atoms with Crippen LogP contribution in [0.2, 0.25) is 0 Å². The minimum Gasteiger partial charge on any atom is -0.497 e. The molecule has 3 rings (SSSR count). The number of benzene rings is 1. The largest absolute Gasteiger partial charge is 0.497 e. The molecular formula is C16H16N2O4S2. The van der Waals surface area contributed by atoms with Crippen molar-refractivity contribution in [1.82, 2.24) is 5.16 Å². The maximum Gasteiger partial charge on any atom is 0.271 e. The van der Waals surface area contributed by atoms with Gasteiger partial charge in [0.2, 0.25) is 0 Å². The van der Waals surface area contributed by atoms with Crippen LogP contribution in [-0.4, -0.2) is 20.7 Å². The van der Waals surface area contributed by atoms with E-state index in [2.05, 4.69) is 9.88 Å². The highest BCUT2D eigenvalue weighted by atomic mass is 32.2. The lowest BCUT2D eigenvalue weighted by molar-refractivity contribution is 0.415. The van der Waals surface area contributed by atoms with Gasteiger partial charge < -0.3 is 9.26 Å². The molecule has 0 aliphatic heterocycles. The van der Waals surface area contributed by atoms with E-state index in [0.717, 1.165) is 22.6 Å². The first kappa shape index (κ1) is 16.5. The van der Waals surface area contributed by atoms with E-state index in [-0.39, 0.29) is 4.21 Å². The number of ether oxygens (including phenoxy) is 1. The van der Waals surface area contributed by atoms with Crippen LogP contribution in [0.4, 0.5) is 5.69 Å². The second-order valence-corrected chi connectivity index (χ2v) is 8.03. The van der Waals surface area contributed by atoms with Crippen molar-refractivity contribution in [2.75, 3.05) is 11.8 Å². The van der Waals surface area contributed by atoms with Crippen molar-refractivity contribution < 1.29 is 17.7 Å². The molecule has 1 N–H and O–H groups in total. The van der Waals surface area contributed by atoms with E-state index in [0.29, 0.717) is 22.8 Å². The molecule has 6 nitrogen and oxygen atoms in total. The number of hydrogen-bond donors (Lipinski definition) is 1. The van der Waals surface area contributed by atoms with Crippen molar-refractivity contribution >= 4 is 27.0 Å². The first-order valence-corrected chi connectivity index (χ1v) is 9.45. The van der Waals surface area contributed by atoms with Crippen LogP contribution in [-0.2, 0) is 10.0 Å². The number of methoxy groups -OCH3 is 1. The second kappa shape index (κ2) is 6.29. The monoisotopic (exact) mass is 364 g/mol. The average molecular weight is 364 g/mol. The molecule has 1 aromatic carbocycles. The van der Waals surface area contributed by atoms with Gasteiger partial charge in [-0.15, -0.1) is 11.3 Å². The zero-order valence-corrected chi connectivity index (χ0v) is 15.0. The molecule has 2 aromatic heterocycles. The number of anilines is 1. The summed E-state index contributed by atoms with van der Waals surface area (Å²) in [5.74, 6) is 1.17. The van der Waals surface area contributed by atoms with Gasteiger partial charge in [-0.3, -0.25) is 4.72 Å². The molecule has 0 amide bonds. The van der Waals surface area contributed by atoms with Crippen LogP contribution in [0.3, 0.4) is 0 Å². The number of nitrogens with zero attached hydrogens (tertiary/aromatic N) is 1. The number of hydrogen-bond acceptors (Lipinski definition) is 6. The molecule has 0 unspecified atom stereocenters. The molecule has 0 bridgehead atoms. The van der Waals surface area contributed by atoms with Gasteiger partial charge in [-0.05, 0) is 32.0 Å². The van der Waals surface area contributed by atoms with Crippen LogP contribution in [0.1, 0.15) is 11.3 Å². The van der Waals surface area contributed by atoms with Crippen LogP contribution >= 0.6 is 11.3 Å². The molecule has 2 heterocycles. The zero-order chi connectivity index (χ0) is 17.3. The SMILES string of the molecule is COc1cccc(NS(=O)(=O)c2cc(-c3onc(C)c3C)cs2)c1. The van der Waals surface area contributed by atoms with Crippen molar-refractivity contribution in [1.29, 1.82) is 0 Å². The lowest BCUT2D eigenvalue weighted by Crippen LogP contribution is -2.11. The summed E-state index contributed by atoms with van der Waals surface area (Å²) in [7, 11) is -2.15. The maximum absolute atomic E-state index is 12.5. The lowest BCUT2D eigenvalue weighted by atomic mass is 10.1. The van der Waals surface area contributed by atoms with E-state index in [9.17, 15) is 8.42 Å². The highest BCUT2D eigenvalue weighted by Crippen LogP contribution is 2.32. The van der Waals surface area contributed by atoms with Crippen molar-refractivity contribution in [2.45, 2.75) is 18.1 Å². The second-order valence-electron chi connectivity index (χ2n) is 5.21. The summed E-state index contributed by atoms with van der Waals surface area (Å²) >= 11 is 1.13. The normalized spacial score (nSPS) is 11.5. The lowest BCUT2D eigenvalue weighted by Gasteiger charge is -2.07. The highest BCUT2D eigenvalue weighted by Gasteiger charge is 2.20. The van der Waals surface area contributed by atoms with Crippen LogP contribution < -0.4 is 9.46 Å². The van der Waals surface area contributed by atoms with Crippen LogP contribution in [0, 0.1) is 13.8 Å². The molecule has 8 heteroatoms. The summed E-state index contributed by atoms with van der Waals surface area (Å²) in [6.45, 7) is 3.73. The molecular weight excluding hydrogens is 348 g/mol. The summed E-state index contributed by atoms with van der Waals surface area (Å²) in [6, 6.07) is 8.34. The summed E-state index contributed by atoms with van der Waals surface area (Å²) in [6.07, 6.45) is 0. The quantitative estimate of drug-likeness (QED) is 0.744. The molecule has 0 saturated heterocycles. The zero-order valence-electron chi connectivity index (χ0n) is 13.4. The number of sulfonamides is 1. The van der Waals surface area contributed by atoms with Gasteiger partial charge in [0.15, 0.2) is 5.76 Å². The first-order chi connectivity index (χ1) is 11.4. The molecule has 0 atom stereocenters. The van der Waals surface area contributed by atoms with Gasteiger partial charge in [0, 0.05) is 22.6 Å². The van der Waals surface area contributed by atoms with Crippen LogP contribution in [0.15, 0.2) is 44.4 Å². The number of aromatic nitrogens is 1. The van der Waals surface area contributed by atoms with E-state index in [4.69, 9.17) is 9.26 Å². The van der Waals surface area contributed by atoms with E-state index >= 15 is 0 Å². The Bertz CT molecular complexity index is 974. The van der Waals surface area contributed by atoms with E-state index < -0.39 is 10.0 Å². The molecule has 24 heavy (non-hydrogen) atoms. The Morgan fingerprint density at radius 2 is 2.04 bits per heavy atom. The Labute approximate surface area is 144 Å². The standard InChI is InChI=1S/C16H16N2O4S2/c1-10-11(2)17-22-16(10)12-7-15(23-9-12)24(19,20)18-13-5-4-6-14(8-13)21-3/h4-9,18H,1-3H3. The number of aryl methyl sites for hydroxylation is 1. The van der Waals surface area contributed by atoms with E-state index in [1.54, 1.807) is 35.7 Å². The Morgan fingerprint density at radius 3 is 2.71 bits per heavy atom. The fourth-order valence-electron chi connectivity index (χ4n) is 2.15. The van der Waals surface area contributed by atoms with Crippen molar-refractivity contribution in [2.24, 2.45) is 0 Å². The summed E-state index contributed by atoms with van der Waals surface area (Å²) in [4.78, 5) is 0. The van der Waals surface area contributed by atoms with Gasteiger partial charge >= 0.3 is 0 Å². The maximum atomic E-state index is 12.5. The molecule has 126 valence electrons. The smallest absolute Gasteiger partial charge is 0.271 e. The fourth-order valence-corrected chi connectivity index (χ4v) is 4.36. The molecule has 3 aromatic rings. The van der Waals surface area contributed by atoms with Gasteiger partial charge in [-0.2, -0.15) is 0 Å². The summed E-state index contributed by atoms with van der Waals surface area (Å²) in [5.41, 5.74) is 2.83. The van der Waals surface area contributed by atoms with Crippen molar-refractivity contribution in [3.8, 4) is 17.1 Å². The minimum absolute atomic E-state index is 0.203. The van der Waals surface area contributed by atoms with Crippen molar-refractivity contribution in [3.05, 3.63) is 47.0 Å². The molecule has 0 radical (unpaired) electrons. The van der Waals surface area contributed by atoms with E-state index in [1.165, 1.54) is 7.11 Å². The number of rotatable bonds is 5. The van der Waals surface area contributed by atoms with Gasteiger partial charge in [-0.25, -0.2) is 8.42 Å². The summed E-state index contributed by atoms with van der Waals surface area (Å²) in [5, 5.41) is 5.64. The average Bonchev–Trinajstić information content (AvgIpc) is 3.16. The van der Waals surface area contributed by atoms with E-state index in [1.807, 2.05) is 13.8 Å². The van der Waals surface area contributed by atoms with Gasteiger partial charge in [0.05, 0.1) is 18.5 Å². The third kappa shape index (κ3) is 3.15. The first-order valence-electron chi connectivity index (χ1n) is 7.09. The Hall–Kier alpha value is -2.32. The fraction of sp³-hybridized carbons (Fsp3) is 0.188. The van der Waals surface area contributed by atoms with Crippen LogP contribution in [0.25, 0.3) is 11.3 Å².